The van der Waals surface area contributed by atoms with Crippen molar-refractivity contribution in [3.05, 3.63) is 43.3 Å². The number of aliphatic carboxylic acids is 1. The van der Waals surface area contributed by atoms with Gasteiger partial charge in [0.2, 0.25) is 11.8 Å². The first-order valence-corrected chi connectivity index (χ1v) is 16.0. The van der Waals surface area contributed by atoms with Crippen LogP contribution in [0.1, 0.15) is 29.7 Å². The standard InChI is InChI=1S/C28H28ClN3O8S2/c1-11(27(36)37)32-25(34)20-14-9-15(21(20)26(32)35)22-19(14)18(23-24(41-22)30-28(38)42-23)13-8-12(29)2-3-16(13)40-10-17(33)31-4-6-39-7-5-31/h2-3,8,11,14-15,18-22H,4-7,9-10H2,1H3,(H,30,38)(H,36,37)/t11?,14?,15?,18-,19?,20?,21?,22?/m1/s1. The Morgan fingerprint density at radius 2 is 1.88 bits per heavy atom. The van der Waals surface area contributed by atoms with E-state index in [-0.39, 0.29) is 46.3 Å². The van der Waals surface area contributed by atoms with Crippen LogP contribution < -0.4 is 9.61 Å². The highest BCUT2D eigenvalue weighted by Crippen LogP contribution is 2.69. The molecule has 2 N–H and O–H groups in total. The van der Waals surface area contributed by atoms with Gasteiger partial charge in [-0.15, -0.1) is 11.8 Å². The van der Waals surface area contributed by atoms with Gasteiger partial charge < -0.3 is 24.5 Å². The third kappa shape index (κ3) is 4.22. The zero-order chi connectivity index (χ0) is 29.4. The number of hydrogen-bond acceptors (Lipinski definition) is 9. The molecule has 14 heteroatoms. The number of nitrogens with zero attached hydrogens (tertiary/aromatic N) is 2. The number of amides is 3. The van der Waals surface area contributed by atoms with Gasteiger partial charge in [0.1, 0.15) is 11.8 Å². The molecule has 2 saturated heterocycles. The molecule has 2 aromatic rings. The maximum absolute atomic E-state index is 13.6. The number of carbonyl (C=O) groups excluding carboxylic acids is 3. The lowest BCUT2D eigenvalue weighted by atomic mass is 9.68. The quantitative estimate of drug-likeness (QED) is 0.458. The second-order valence-corrected chi connectivity index (χ2v) is 14.1. The number of aromatic amines is 1. The number of thioether (sulfide) groups is 1. The average molecular weight is 634 g/mol. The van der Waals surface area contributed by atoms with E-state index in [0.29, 0.717) is 43.5 Å². The number of ether oxygens (including phenoxy) is 2. The Hall–Kier alpha value is -2.87. The van der Waals surface area contributed by atoms with Gasteiger partial charge in [0.15, 0.2) is 6.61 Å². The molecule has 42 heavy (non-hydrogen) atoms. The fraction of sp³-hybridized carbons (Fsp3) is 0.536. The van der Waals surface area contributed by atoms with E-state index in [1.54, 1.807) is 23.1 Å². The van der Waals surface area contributed by atoms with E-state index >= 15 is 0 Å². The Bertz CT molecular complexity index is 1550. The molecule has 0 spiro atoms. The van der Waals surface area contributed by atoms with Crippen molar-refractivity contribution < 1.29 is 33.8 Å². The summed E-state index contributed by atoms with van der Waals surface area (Å²) in [6, 6.07) is 3.98. The third-order valence-electron chi connectivity index (χ3n) is 9.52. The van der Waals surface area contributed by atoms with Crippen LogP contribution in [0, 0.1) is 29.6 Å². The predicted octanol–water partition coefficient (Wildman–Crippen LogP) is 2.27. The molecule has 7 rings (SSSR count). The molecule has 8 atom stereocenters. The number of carboxylic acid groups (broad SMARTS) is 1. The molecule has 11 nitrogen and oxygen atoms in total. The highest BCUT2D eigenvalue weighted by atomic mass is 35.5. The molecule has 222 valence electrons. The van der Waals surface area contributed by atoms with Gasteiger partial charge in [-0.3, -0.25) is 24.1 Å². The first kappa shape index (κ1) is 27.9. The van der Waals surface area contributed by atoms with Gasteiger partial charge >= 0.3 is 10.8 Å². The average Bonchev–Trinajstić information content (AvgIpc) is 3.71. The summed E-state index contributed by atoms with van der Waals surface area (Å²) in [6.45, 7) is 3.13. The van der Waals surface area contributed by atoms with E-state index in [4.69, 9.17) is 21.1 Å². The Labute approximate surface area is 253 Å². The number of aromatic nitrogens is 1. The number of thiazole rings is 1. The van der Waals surface area contributed by atoms with Crippen LogP contribution in [0.5, 0.6) is 5.75 Å². The van der Waals surface area contributed by atoms with E-state index in [0.717, 1.165) is 31.7 Å². The van der Waals surface area contributed by atoms with Crippen molar-refractivity contribution in [3.63, 3.8) is 0 Å². The molecule has 4 fully saturated rings. The molecule has 4 heterocycles. The van der Waals surface area contributed by atoms with Gasteiger partial charge in [-0.05, 0) is 49.3 Å². The second-order valence-electron chi connectivity index (χ2n) is 11.5. The minimum Gasteiger partial charge on any atom is -0.483 e. The third-order valence-corrected chi connectivity index (χ3v) is 12.3. The van der Waals surface area contributed by atoms with Crippen LogP contribution in [0.4, 0.5) is 0 Å². The Morgan fingerprint density at radius 3 is 2.60 bits per heavy atom. The van der Waals surface area contributed by atoms with Crippen molar-refractivity contribution in [1.82, 2.24) is 14.8 Å². The lowest BCUT2D eigenvalue weighted by Crippen LogP contribution is -2.44. The monoisotopic (exact) mass is 633 g/mol. The van der Waals surface area contributed by atoms with Crippen molar-refractivity contribution in [2.75, 3.05) is 32.9 Å². The number of imide groups is 1. The molecule has 2 aliphatic carbocycles. The predicted molar refractivity (Wildman–Crippen MR) is 152 cm³/mol. The molecule has 1 aromatic heterocycles. The molecular formula is C28H28ClN3O8S2. The van der Waals surface area contributed by atoms with Crippen LogP contribution in [0.15, 0.2) is 28.0 Å². The van der Waals surface area contributed by atoms with Crippen LogP contribution in [0.25, 0.3) is 0 Å². The van der Waals surface area contributed by atoms with E-state index in [1.165, 1.54) is 18.7 Å². The van der Waals surface area contributed by atoms with Gasteiger partial charge in [0, 0.05) is 39.7 Å². The number of carbonyl (C=O) groups is 4. The van der Waals surface area contributed by atoms with Crippen LogP contribution in [0.2, 0.25) is 5.02 Å². The number of H-pyrrole nitrogens is 1. The molecule has 1 aromatic carbocycles. The van der Waals surface area contributed by atoms with Crippen molar-refractivity contribution in [1.29, 1.82) is 0 Å². The van der Waals surface area contributed by atoms with E-state index in [2.05, 4.69) is 4.98 Å². The topological polar surface area (TPSA) is 146 Å². The summed E-state index contributed by atoms with van der Waals surface area (Å²) in [6.07, 6.45) is 0.659. The fourth-order valence-electron chi connectivity index (χ4n) is 7.82. The van der Waals surface area contributed by atoms with Gasteiger partial charge in [-0.1, -0.05) is 22.9 Å². The van der Waals surface area contributed by atoms with Gasteiger partial charge in [-0.2, -0.15) is 0 Å². The summed E-state index contributed by atoms with van der Waals surface area (Å²) >= 11 is 9.16. The minimum atomic E-state index is -1.24. The maximum Gasteiger partial charge on any atom is 0.326 e. The molecule has 2 bridgehead atoms. The number of morpholine rings is 1. The largest absolute Gasteiger partial charge is 0.483 e. The summed E-state index contributed by atoms with van der Waals surface area (Å²) in [5.41, 5.74) is 0.723. The maximum atomic E-state index is 13.6. The van der Waals surface area contributed by atoms with E-state index in [1.807, 2.05) is 0 Å². The molecular weight excluding hydrogens is 606 g/mol. The number of rotatable bonds is 6. The Kier molecular flexibility index (Phi) is 6.91. The van der Waals surface area contributed by atoms with Gasteiger partial charge in [0.25, 0.3) is 5.91 Å². The lowest BCUT2D eigenvalue weighted by molar-refractivity contribution is -0.154. The highest BCUT2D eigenvalue weighted by molar-refractivity contribution is 8.00. The van der Waals surface area contributed by atoms with E-state index in [9.17, 15) is 29.1 Å². The van der Waals surface area contributed by atoms with Crippen LogP contribution in [0.3, 0.4) is 0 Å². The molecule has 0 radical (unpaired) electrons. The SMILES string of the molecule is CC(C(=O)O)N1C(=O)C2C3CC(C2C1=O)C1C3Sc2[nH]c(=O)sc2[C@@H]1c1cc(Cl)ccc1OCC(=O)N1CCOCC1. The number of nitrogens with one attached hydrogen (secondary N) is 1. The number of fused-ring (bicyclic) bond motifs is 9. The second kappa shape index (κ2) is 10.4. The number of hydrogen-bond donors (Lipinski definition) is 2. The molecule has 2 saturated carbocycles. The normalized spacial score (nSPS) is 32.0. The summed E-state index contributed by atoms with van der Waals surface area (Å²) in [4.78, 5) is 70.6. The summed E-state index contributed by atoms with van der Waals surface area (Å²) in [7, 11) is 0. The van der Waals surface area contributed by atoms with Crippen molar-refractivity contribution in [2.45, 2.75) is 35.6 Å². The zero-order valence-electron chi connectivity index (χ0n) is 22.5. The number of halogens is 1. The number of benzene rings is 1. The summed E-state index contributed by atoms with van der Waals surface area (Å²) in [5, 5.41) is 10.7. The van der Waals surface area contributed by atoms with Crippen molar-refractivity contribution >= 4 is 58.4 Å². The van der Waals surface area contributed by atoms with Crippen LogP contribution >= 0.6 is 34.7 Å². The first-order valence-electron chi connectivity index (χ1n) is 13.9. The zero-order valence-corrected chi connectivity index (χ0v) is 24.9. The van der Waals surface area contributed by atoms with Crippen LogP contribution in [-0.4, -0.2) is 87.8 Å². The van der Waals surface area contributed by atoms with Gasteiger partial charge in [0.05, 0.1) is 30.1 Å². The molecule has 3 aliphatic heterocycles. The number of likely N-dealkylation sites (tertiary alicyclic amines) is 1. The fourth-order valence-corrected chi connectivity index (χ4v) is 10.9. The molecule has 7 unspecified atom stereocenters. The summed E-state index contributed by atoms with van der Waals surface area (Å²) in [5.74, 6) is -3.79. The lowest BCUT2D eigenvalue weighted by Gasteiger charge is -2.43. The van der Waals surface area contributed by atoms with Gasteiger partial charge in [-0.25, -0.2) is 4.79 Å². The smallest absolute Gasteiger partial charge is 0.326 e. The summed E-state index contributed by atoms with van der Waals surface area (Å²) < 4.78 is 11.5. The highest BCUT2D eigenvalue weighted by Gasteiger charge is 2.70. The van der Waals surface area contributed by atoms with Crippen molar-refractivity contribution in [2.24, 2.45) is 29.6 Å². The minimum absolute atomic E-state index is 0.0855. The number of carboxylic acids is 1. The molecule has 3 amide bonds. The molecule has 5 aliphatic rings. The van der Waals surface area contributed by atoms with E-state index < -0.39 is 35.7 Å². The first-order chi connectivity index (χ1) is 20.2. The Balaban J connectivity index is 1.26. The van der Waals surface area contributed by atoms with Crippen molar-refractivity contribution in [3.8, 4) is 5.75 Å². The van der Waals surface area contributed by atoms with Crippen LogP contribution in [-0.2, 0) is 23.9 Å². The Morgan fingerprint density at radius 1 is 1.17 bits per heavy atom.